The van der Waals surface area contributed by atoms with Crippen molar-refractivity contribution in [3.05, 3.63) is 0 Å². The molecule has 82 valence electrons. The predicted molar refractivity (Wildman–Crippen MR) is 72.6 cm³/mol. The van der Waals surface area contributed by atoms with Gasteiger partial charge in [0.2, 0.25) is 0 Å². The smallest absolute Gasteiger partial charge is 0.0329 e. The summed E-state index contributed by atoms with van der Waals surface area (Å²) in [6.45, 7) is 11.3. The summed E-state index contributed by atoms with van der Waals surface area (Å²) in [6, 6.07) is 0. The van der Waals surface area contributed by atoms with E-state index in [-0.39, 0.29) is 0 Å². The van der Waals surface area contributed by atoms with Gasteiger partial charge < -0.3 is 0 Å². The van der Waals surface area contributed by atoms with Crippen molar-refractivity contribution >= 4 is 16.5 Å². The normalized spacial score (nSPS) is 9.69. The standard InChI is InChI=1S/C7H17P.C4H11P/c1-4-7-8(5-2)6-3;1-3-5-4-2/h4-7H2,1-3H3;5H,3-4H2,1-2H3. The second kappa shape index (κ2) is 15.3. The molecule has 0 heterocycles. The molecule has 0 aliphatic heterocycles. The number of hydrogen-bond acceptors (Lipinski definition) is 0. The van der Waals surface area contributed by atoms with Gasteiger partial charge in [-0.15, -0.1) is 16.5 Å². The van der Waals surface area contributed by atoms with Crippen LogP contribution in [0.15, 0.2) is 0 Å². The zero-order valence-electron chi connectivity index (χ0n) is 10.2. The van der Waals surface area contributed by atoms with Crippen molar-refractivity contribution in [3.63, 3.8) is 0 Å². The van der Waals surface area contributed by atoms with Crippen LogP contribution in [0.4, 0.5) is 0 Å². The first kappa shape index (κ1) is 16.3. The summed E-state index contributed by atoms with van der Waals surface area (Å²) in [7, 11) is 1.64. The maximum atomic E-state index is 2.31. The van der Waals surface area contributed by atoms with E-state index in [0.29, 0.717) is 7.92 Å². The van der Waals surface area contributed by atoms with E-state index < -0.39 is 0 Å². The molecule has 0 aliphatic carbocycles. The van der Waals surface area contributed by atoms with Gasteiger partial charge in [-0.3, -0.25) is 0 Å². The average Bonchev–Trinajstić information content (AvgIpc) is 2.16. The molecule has 0 unspecified atom stereocenters. The molecule has 0 atom stereocenters. The van der Waals surface area contributed by atoms with Crippen LogP contribution in [0.3, 0.4) is 0 Å². The quantitative estimate of drug-likeness (QED) is 0.575. The second-order valence-electron chi connectivity index (χ2n) is 2.98. The third kappa shape index (κ3) is 15.6. The number of hydrogen-bond donors (Lipinski definition) is 0. The molecule has 0 aromatic carbocycles. The van der Waals surface area contributed by atoms with Gasteiger partial charge in [-0.05, 0) is 30.8 Å². The highest BCUT2D eigenvalue weighted by Gasteiger charge is 1.97. The van der Waals surface area contributed by atoms with Crippen LogP contribution in [-0.2, 0) is 0 Å². The fourth-order valence-electron chi connectivity index (χ4n) is 1.11. The molecule has 0 aliphatic rings. The summed E-state index contributed by atoms with van der Waals surface area (Å²) < 4.78 is 0. The molecular weight excluding hydrogens is 194 g/mol. The fourth-order valence-corrected chi connectivity index (χ4v) is 3.32. The van der Waals surface area contributed by atoms with Crippen LogP contribution in [0.5, 0.6) is 0 Å². The van der Waals surface area contributed by atoms with Crippen LogP contribution in [0, 0.1) is 0 Å². The first-order valence-electron chi connectivity index (χ1n) is 5.69. The van der Waals surface area contributed by atoms with Crippen LogP contribution < -0.4 is 0 Å². The van der Waals surface area contributed by atoms with E-state index in [1.807, 2.05) is 0 Å². The zero-order valence-corrected chi connectivity index (χ0v) is 12.1. The molecule has 13 heavy (non-hydrogen) atoms. The Bertz CT molecular complexity index is 68.5. The van der Waals surface area contributed by atoms with Crippen molar-refractivity contribution in [2.75, 3.05) is 30.8 Å². The highest BCUT2D eigenvalue weighted by atomic mass is 31.1. The van der Waals surface area contributed by atoms with E-state index in [4.69, 9.17) is 0 Å². The Morgan fingerprint density at radius 1 is 0.846 bits per heavy atom. The molecule has 0 saturated carbocycles. The van der Waals surface area contributed by atoms with E-state index >= 15 is 0 Å². The van der Waals surface area contributed by atoms with Crippen molar-refractivity contribution in [1.29, 1.82) is 0 Å². The second-order valence-corrected chi connectivity index (χ2v) is 7.95. The largest absolute Gasteiger partial charge is 0.123 e. The maximum Gasteiger partial charge on any atom is -0.0329 e. The van der Waals surface area contributed by atoms with Gasteiger partial charge in [0, 0.05) is 0 Å². The lowest BCUT2D eigenvalue weighted by atomic mass is 10.6. The van der Waals surface area contributed by atoms with Gasteiger partial charge in [-0.25, -0.2) is 0 Å². The van der Waals surface area contributed by atoms with Crippen molar-refractivity contribution in [1.82, 2.24) is 0 Å². The average molecular weight is 222 g/mol. The minimum atomic E-state index is 0.444. The first-order chi connectivity index (χ1) is 6.26. The molecule has 0 aromatic rings. The highest BCUT2D eigenvalue weighted by molar-refractivity contribution is 7.57. The minimum Gasteiger partial charge on any atom is -0.123 e. The van der Waals surface area contributed by atoms with E-state index in [2.05, 4.69) is 34.6 Å². The molecule has 0 spiro atoms. The van der Waals surface area contributed by atoms with Gasteiger partial charge in [0.25, 0.3) is 0 Å². The van der Waals surface area contributed by atoms with Crippen LogP contribution in [0.1, 0.15) is 41.0 Å². The Kier molecular flexibility index (Phi) is 19.2. The Balaban J connectivity index is 0. The fraction of sp³-hybridized carbons (Fsp3) is 1.00. The summed E-state index contributed by atoms with van der Waals surface area (Å²) in [5.74, 6) is 0. The minimum absolute atomic E-state index is 0.444. The summed E-state index contributed by atoms with van der Waals surface area (Å²) in [5, 5.41) is 0. The molecular formula is C11H28P2. The molecule has 0 aromatic heterocycles. The number of rotatable bonds is 6. The Morgan fingerprint density at radius 3 is 1.38 bits per heavy atom. The predicted octanol–water partition coefficient (Wildman–Crippen LogP) is 4.62. The lowest BCUT2D eigenvalue weighted by Crippen LogP contribution is -1.86. The van der Waals surface area contributed by atoms with E-state index in [0.717, 1.165) is 0 Å². The van der Waals surface area contributed by atoms with Crippen molar-refractivity contribution < 1.29 is 0 Å². The van der Waals surface area contributed by atoms with Gasteiger partial charge in [0.1, 0.15) is 0 Å². The summed E-state index contributed by atoms with van der Waals surface area (Å²) >= 11 is 0. The molecule has 0 bridgehead atoms. The summed E-state index contributed by atoms with van der Waals surface area (Å²) in [4.78, 5) is 0. The topological polar surface area (TPSA) is 0 Å². The SMILES string of the molecule is CCCP(CC)CC.CCPCC. The van der Waals surface area contributed by atoms with Gasteiger partial charge >= 0.3 is 0 Å². The van der Waals surface area contributed by atoms with Crippen molar-refractivity contribution in [2.45, 2.75) is 41.0 Å². The van der Waals surface area contributed by atoms with E-state index in [1.54, 1.807) is 0 Å². The molecule has 0 rings (SSSR count). The monoisotopic (exact) mass is 222 g/mol. The lowest BCUT2D eigenvalue weighted by molar-refractivity contribution is 1.09. The van der Waals surface area contributed by atoms with Crippen LogP contribution in [-0.4, -0.2) is 30.8 Å². The maximum absolute atomic E-state index is 2.31. The molecule has 0 fully saturated rings. The van der Waals surface area contributed by atoms with Crippen LogP contribution in [0.25, 0.3) is 0 Å². The third-order valence-electron chi connectivity index (χ3n) is 1.93. The van der Waals surface area contributed by atoms with Gasteiger partial charge in [-0.1, -0.05) is 41.0 Å². The van der Waals surface area contributed by atoms with Crippen LogP contribution in [0.2, 0.25) is 0 Å². The van der Waals surface area contributed by atoms with E-state index in [9.17, 15) is 0 Å². The van der Waals surface area contributed by atoms with Crippen molar-refractivity contribution in [2.24, 2.45) is 0 Å². The highest BCUT2D eigenvalue weighted by Crippen LogP contribution is 2.34. The molecule has 0 nitrogen and oxygen atoms in total. The van der Waals surface area contributed by atoms with E-state index in [1.165, 1.54) is 45.8 Å². The Morgan fingerprint density at radius 2 is 1.31 bits per heavy atom. The summed E-state index contributed by atoms with van der Waals surface area (Å²) in [5.41, 5.74) is 0. The Labute approximate surface area is 88.8 Å². The van der Waals surface area contributed by atoms with Crippen molar-refractivity contribution in [3.8, 4) is 0 Å². The molecule has 0 saturated heterocycles. The molecule has 2 heteroatoms. The third-order valence-corrected chi connectivity index (χ3v) is 5.80. The Hall–Kier alpha value is 0.860. The van der Waals surface area contributed by atoms with Gasteiger partial charge in [-0.2, -0.15) is 0 Å². The molecule has 0 radical (unpaired) electrons. The van der Waals surface area contributed by atoms with Gasteiger partial charge in [0.05, 0.1) is 0 Å². The summed E-state index contributed by atoms with van der Waals surface area (Å²) in [6.07, 6.45) is 8.47. The first-order valence-corrected chi connectivity index (χ1v) is 9.00. The van der Waals surface area contributed by atoms with Crippen LogP contribution >= 0.6 is 16.5 Å². The molecule has 0 amide bonds. The zero-order chi connectivity index (χ0) is 10.5. The molecule has 0 N–H and O–H groups in total. The van der Waals surface area contributed by atoms with Gasteiger partial charge in [0.15, 0.2) is 0 Å². The lowest BCUT2D eigenvalue weighted by Gasteiger charge is -2.09.